The van der Waals surface area contributed by atoms with Crippen molar-refractivity contribution in [3.05, 3.63) is 55.9 Å². The van der Waals surface area contributed by atoms with E-state index in [2.05, 4.69) is 0 Å². The Balaban J connectivity index is 2.50. The van der Waals surface area contributed by atoms with Crippen LogP contribution >= 0.6 is 0 Å². The van der Waals surface area contributed by atoms with Gasteiger partial charge in [-0.2, -0.15) is 0 Å². The molecule has 0 heterocycles. The molecular weight excluding hydrogens is 152 g/mol. The van der Waals surface area contributed by atoms with Crippen LogP contribution in [0.2, 0.25) is 0 Å². The Morgan fingerprint density at radius 2 is 1.67 bits per heavy atom. The van der Waals surface area contributed by atoms with Crippen LogP contribution in [0.4, 0.5) is 0 Å². The van der Waals surface area contributed by atoms with Crippen molar-refractivity contribution >= 4 is 0 Å². The third kappa shape index (κ3) is 0.749. The Morgan fingerprint density at radius 3 is 2.17 bits per heavy atom. The standard InChI is InChI=1S/C10H8O2/c1-6-8(10(12)9(6)11)7-4-2-3-5-7/h2-5,7H,1H3. The van der Waals surface area contributed by atoms with Gasteiger partial charge in [0.2, 0.25) is 10.9 Å². The van der Waals surface area contributed by atoms with Gasteiger partial charge in [0.05, 0.1) is 0 Å². The molecule has 0 atom stereocenters. The van der Waals surface area contributed by atoms with Gasteiger partial charge in [-0.15, -0.1) is 0 Å². The summed E-state index contributed by atoms with van der Waals surface area (Å²) in [5, 5.41) is 0. The summed E-state index contributed by atoms with van der Waals surface area (Å²) in [4.78, 5) is 22.0. The van der Waals surface area contributed by atoms with Gasteiger partial charge in [-0.05, 0) is 6.92 Å². The molecule has 1 aliphatic carbocycles. The first-order chi connectivity index (χ1) is 5.72. The van der Waals surface area contributed by atoms with Gasteiger partial charge in [-0.3, -0.25) is 9.59 Å². The smallest absolute Gasteiger partial charge is 0.230 e. The highest BCUT2D eigenvalue weighted by Crippen LogP contribution is 2.21. The van der Waals surface area contributed by atoms with Crippen molar-refractivity contribution in [3.8, 4) is 0 Å². The Hall–Kier alpha value is -1.44. The summed E-state index contributed by atoms with van der Waals surface area (Å²) in [5.74, 6) is 0.0511. The fourth-order valence-corrected chi connectivity index (χ4v) is 1.55. The van der Waals surface area contributed by atoms with E-state index in [1.165, 1.54) is 0 Å². The SMILES string of the molecule is Cc1c(C2C=CC=C2)c(=O)c1=O. The van der Waals surface area contributed by atoms with Crippen molar-refractivity contribution < 1.29 is 0 Å². The molecule has 2 rings (SSSR count). The molecular formula is C10H8O2. The van der Waals surface area contributed by atoms with E-state index in [0.717, 1.165) is 0 Å². The maximum Gasteiger partial charge on any atom is 0.230 e. The van der Waals surface area contributed by atoms with Crippen molar-refractivity contribution in [2.75, 3.05) is 0 Å². The highest BCUT2D eigenvalue weighted by Gasteiger charge is 2.22. The summed E-state index contributed by atoms with van der Waals surface area (Å²) in [5.41, 5.74) is 0.665. The van der Waals surface area contributed by atoms with Gasteiger partial charge in [0, 0.05) is 17.0 Å². The van der Waals surface area contributed by atoms with Crippen LogP contribution < -0.4 is 10.9 Å². The summed E-state index contributed by atoms with van der Waals surface area (Å²) in [6.07, 6.45) is 7.62. The minimum atomic E-state index is -0.321. The first-order valence-corrected chi connectivity index (χ1v) is 3.86. The van der Waals surface area contributed by atoms with Crippen molar-refractivity contribution in [2.45, 2.75) is 12.8 Å². The zero-order valence-corrected chi connectivity index (χ0v) is 6.70. The molecule has 0 fully saturated rings. The monoisotopic (exact) mass is 160 g/mol. The first kappa shape index (κ1) is 7.22. The number of hydrogen-bond donors (Lipinski definition) is 0. The zero-order chi connectivity index (χ0) is 8.72. The molecule has 1 aromatic rings. The minimum absolute atomic E-state index is 0.0511. The van der Waals surface area contributed by atoms with E-state index in [0.29, 0.717) is 11.1 Å². The molecule has 0 amide bonds. The van der Waals surface area contributed by atoms with Crippen molar-refractivity contribution in [3.63, 3.8) is 0 Å². The number of rotatable bonds is 1. The summed E-state index contributed by atoms with van der Waals surface area (Å²) in [6, 6.07) is 0. The van der Waals surface area contributed by atoms with Crippen LogP contribution in [0.1, 0.15) is 17.0 Å². The summed E-state index contributed by atoms with van der Waals surface area (Å²) >= 11 is 0. The van der Waals surface area contributed by atoms with E-state index in [1.807, 2.05) is 24.3 Å². The van der Waals surface area contributed by atoms with Crippen molar-refractivity contribution in [1.29, 1.82) is 0 Å². The van der Waals surface area contributed by atoms with Crippen LogP contribution in [0.5, 0.6) is 0 Å². The highest BCUT2D eigenvalue weighted by molar-refractivity contribution is 5.42. The first-order valence-electron chi connectivity index (χ1n) is 3.86. The van der Waals surface area contributed by atoms with E-state index < -0.39 is 0 Å². The third-order valence-electron chi connectivity index (χ3n) is 2.28. The van der Waals surface area contributed by atoms with E-state index >= 15 is 0 Å². The van der Waals surface area contributed by atoms with Crippen LogP contribution in [-0.4, -0.2) is 0 Å². The van der Waals surface area contributed by atoms with Gasteiger partial charge in [-0.25, -0.2) is 0 Å². The molecule has 0 radical (unpaired) electrons. The minimum Gasteiger partial charge on any atom is -0.285 e. The molecule has 0 saturated heterocycles. The molecule has 1 aliphatic rings. The maximum atomic E-state index is 11.1. The van der Waals surface area contributed by atoms with Crippen molar-refractivity contribution in [2.24, 2.45) is 0 Å². The average molecular weight is 160 g/mol. The van der Waals surface area contributed by atoms with E-state index in [1.54, 1.807) is 6.92 Å². The van der Waals surface area contributed by atoms with Crippen LogP contribution in [0.15, 0.2) is 33.9 Å². The third-order valence-corrected chi connectivity index (χ3v) is 2.28. The van der Waals surface area contributed by atoms with Gasteiger partial charge in [0.15, 0.2) is 0 Å². The molecule has 0 aromatic heterocycles. The topological polar surface area (TPSA) is 34.1 Å². The molecule has 0 N–H and O–H groups in total. The lowest BCUT2D eigenvalue weighted by Crippen LogP contribution is -2.38. The lowest BCUT2D eigenvalue weighted by atomic mass is 9.91. The molecule has 0 aliphatic heterocycles. The second kappa shape index (κ2) is 2.27. The van der Waals surface area contributed by atoms with Crippen LogP contribution in [-0.2, 0) is 0 Å². The lowest BCUT2D eigenvalue weighted by Gasteiger charge is -2.09. The fraction of sp³-hybridized carbons (Fsp3) is 0.200. The Morgan fingerprint density at radius 1 is 1.08 bits per heavy atom. The summed E-state index contributed by atoms with van der Waals surface area (Å²) in [6.45, 7) is 1.71. The molecule has 0 unspecified atom stereocenters. The summed E-state index contributed by atoms with van der Waals surface area (Å²) in [7, 11) is 0. The summed E-state index contributed by atoms with van der Waals surface area (Å²) < 4.78 is 0. The fourth-order valence-electron chi connectivity index (χ4n) is 1.55. The lowest BCUT2D eigenvalue weighted by molar-refractivity contribution is 1.00. The van der Waals surface area contributed by atoms with Gasteiger partial charge < -0.3 is 0 Å². The van der Waals surface area contributed by atoms with Gasteiger partial charge in [0.1, 0.15) is 0 Å². The van der Waals surface area contributed by atoms with Crippen molar-refractivity contribution in [1.82, 2.24) is 0 Å². The van der Waals surface area contributed by atoms with Gasteiger partial charge >= 0.3 is 0 Å². The largest absolute Gasteiger partial charge is 0.285 e. The quantitative estimate of drug-likeness (QED) is 0.569. The molecule has 0 spiro atoms. The predicted octanol–water partition coefficient (Wildman–Crippen LogP) is 0.801. The molecule has 12 heavy (non-hydrogen) atoms. The average Bonchev–Trinajstić information content (AvgIpc) is 2.57. The Kier molecular flexibility index (Phi) is 1.37. The molecule has 60 valence electrons. The van der Waals surface area contributed by atoms with Crippen LogP contribution in [0, 0.1) is 6.92 Å². The predicted molar refractivity (Wildman–Crippen MR) is 47.1 cm³/mol. The Bertz CT molecular complexity index is 430. The van der Waals surface area contributed by atoms with E-state index in [9.17, 15) is 9.59 Å². The molecule has 2 nitrogen and oxygen atoms in total. The second-order valence-corrected chi connectivity index (χ2v) is 2.99. The van der Waals surface area contributed by atoms with Gasteiger partial charge in [0.25, 0.3) is 0 Å². The molecule has 0 bridgehead atoms. The van der Waals surface area contributed by atoms with Crippen LogP contribution in [0.25, 0.3) is 0 Å². The number of allylic oxidation sites excluding steroid dienone is 4. The highest BCUT2D eigenvalue weighted by atomic mass is 16.2. The zero-order valence-electron chi connectivity index (χ0n) is 6.70. The maximum absolute atomic E-state index is 11.1. The second-order valence-electron chi connectivity index (χ2n) is 2.99. The molecule has 1 aromatic carbocycles. The molecule has 2 heteroatoms. The van der Waals surface area contributed by atoms with E-state index in [4.69, 9.17) is 0 Å². The number of hydrogen-bond acceptors (Lipinski definition) is 2. The van der Waals surface area contributed by atoms with Gasteiger partial charge in [-0.1, -0.05) is 24.3 Å². The van der Waals surface area contributed by atoms with E-state index in [-0.39, 0.29) is 16.8 Å². The van der Waals surface area contributed by atoms with Crippen LogP contribution in [0.3, 0.4) is 0 Å². The normalized spacial score (nSPS) is 16.4. The Labute approximate surface area is 69.5 Å². The molecule has 0 saturated carbocycles.